The maximum absolute atomic E-state index is 10.6. The molecular formula is C5H13O7P2. The van der Waals surface area contributed by atoms with Crippen LogP contribution in [0.4, 0.5) is 0 Å². The third kappa shape index (κ3) is 8.84. The van der Waals surface area contributed by atoms with Crippen molar-refractivity contribution in [2.75, 3.05) is 6.16 Å². The Morgan fingerprint density at radius 3 is 1.93 bits per heavy atom. The minimum Gasteiger partial charge on any atom is -0.324 e. The summed E-state index contributed by atoms with van der Waals surface area (Å²) in [6.07, 6.45) is -0.542. The van der Waals surface area contributed by atoms with Gasteiger partial charge in [-0.15, -0.1) is 0 Å². The third-order valence-corrected chi connectivity index (χ3v) is 2.73. The summed E-state index contributed by atoms with van der Waals surface area (Å²) in [6, 6.07) is 0. The van der Waals surface area contributed by atoms with Crippen LogP contribution in [0.1, 0.15) is 13.8 Å². The molecule has 0 heterocycles. The predicted molar refractivity (Wildman–Crippen MR) is 48.1 cm³/mol. The lowest BCUT2D eigenvalue weighted by atomic mass is 9.98. The molecule has 0 aromatic carbocycles. The highest BCUT2D eigenvalue weighted by Crippen LogP contribution is 2.46. The van der Waals surface area contributed by atoms with Crippen LogP contribution in [0.15, 0.2) is 0 Å². The van der Waals surface area contributed by atoms with Gasteiger partial charge in [0.1, 0.15) is 6.61 Å². The lowest BCUT2D eigenvalue weighted by Gasteiger charge is -2.23. The summed E-state index contributed by atoms with van der Waals surface area (Å²) in [7, 11) is -8.87. The van der Waals surface area contributed by atoms with Crippen LogP contribution in [0.5, 0.6) is 0 Å². The monoisotopic (exact) mass is 247 g/mol. The van der Waals surface area contributed by atoms with Gasteiger partial charge in [0.25, 0.3) is 0 Å². The van der Waals surface area contributed by atoms with Crippen LogP contribution in [-0.4, -0.2) is 25.7 Å². The topological polar surface area (TPSA) is 124 Å². The van der Waals surface area contributed by atoms with Gasteiger partial charge < -0.3 is 19.6 Å². The largest absolute Gasteiger partial charge is 0.469 e. The number of hydrogen-bond donors (Lipinski definition) is 4. The molecular weight excluding hydrogens is 234 g/mol. The average molecular weight is 247 g/mol. The number of rotatable bonds is 5. The van der Waals surface area contributed by atoms with Crippen molar-refractivity contribution < 1.29 is 33.2 Å². The van der Waals surface area contributed by atoms with Crippen LogP contribution in [0, 0.1) is 12.0 Å². The summed E-state index contributed by atoms with van der Waals surface area (Å²) in [4.78, 5) is 33.9. The summed E-state index contributed by atoms with van der Waals surface area (Å²) in [5.41, 5.74) is -1.11. The van der Waals surface area contributed by atoms with Gasteiger partial charge in [-0.25, -0.2) is 4.57 Å². The van der Waals surface area contributed by atoms with E-state index in [4.69, 9.17) is 19.6 Å². The van der Waals surface area contributed by atoms with Crippen molar-refractivity contribution in [2.45, 2.75) is 13.8 Å². The lowest BCUT2D eigenvalue weighted by Crippen LogP contribution is -2.18. The highest BCUT2D eigenvalue weighted by Gasteiger charge is 2.31. The first-order valence-electron chi connectivity index (χ1n) is 3.54. The molecule has 0 aliphatic heterocycles. The fourth-order valence-electron chi connectivity index (χ4n) is 0.779. The highest BCUT2D eigenvalue weighted by molar-refractivity contribution is 7.51. The van der Waals surface area contributed by atoms with E-state index >= 15 is 0 Å². The Labute approximate surface area is 81.5 Å². The van der Waals surface area contributed by atoms with E-state index in [0.29, 0.717) is 0 Å². The first-order valence-corrected chi connectivity index (χ1v) is 6.87. The molecule has 0 aromatic heterocycles. The summed E-state index contributed by atoms with van der Waals surface area (Å²) >= 11 is 0. The SMILES string of the molecule is CC(C)([CH]OP(=O)(O)O)CP(=O)(O)O. The Bertz CT molecular complexity index is 274. The van der Waals surface area contributed by atoms with E-state index in [1.165, 1.54) is 13.8 Å². The van der Waals surface area contributed by atoms with Gasteiger partial charge in [0.15, 0.2) is 0 Å². The van der Waals surface area contributed by atoms with Gasteiger partial charge in [0.2, 0.25) is 0 Å². The normalized spacial score (nSPS) is 14.4. The highest BCUT2D eigenvalue weighted by atomic mass is 31.2. The smallest absolute Gasteiger partial charge is 0.324 e. The second-order valence-corrected chi connectivity index (χ2v) is 6.36. The molecule has 0 bridgehead atoms. The molecule has 0 amide bonds. The standard InChI is InChI=1S/C5H13O7P2/c1-5(2,4-13(6,7)8)3-12-14(9,10)11/h3H,4H2,1-2H3,(H2,6,7,8)(H2,9,10,11). The first-order chi connectivity index (χ1) is 5.91. The molecule has 0 spiro atoms. The van der Waals surface area contributed by atoms with Crippen molar-refractivity contribution in [3.63, 3.8) is 0 Å². The third-order valence-electron chi connectivity index (χ3n) is 1.12. The van der Waals surface area contributed by atoms with Gasteiger partial charge >= 0.3 is 15.4 Å². The second-order valence-electron chi connectivity index (χ2n) is 3.53. The maximum atomic E-state index is 10.6. The molecule has 85 valence electrons. The molecule has 14 heavy (non-hydrogen) atoms. The molecule has 0 aliphatic rings. The molecule has 0 aromatic rings. The van der Waals surface area contributed by atoms with E-state index < -0.39 is 27.0 Å². The van der Waals surface area contributed by atoms with Crippen molar-refractivity contribution in [3.8, 4) is 0 Å². The van der Waals surface area contributed by atoms with Crippen LogP contribution in [0.2, 0.25) is 0 Å². The molecule has 0 saturated carbocycles. The fourth-order valence-corrected chi connectivity index (χ4v) is 2.34. The summed E-state index contributed by atoms with van der Waals surface area (Å²) in [6.45, 7) is 3.52. The number of phosphoric acid groups is 1. The Morgan fingerprint density at radius 1 is 1.21 bits per heavy atom. The maximum Gasteiger partial charge on any atom is 0.469 e. The molecule has 0 rings (SSSR count). The molecule has 7 nitrogen and oxygen atoms in total. The zero-order chi connectivity index (χ0) is 11.6. The van der Waals surface area contributed by atoms with Gasteiger partial charge in [-0.05, 0) is 0 Å². The predicted octanol–water partition coefficient (Wildman–Crippen LogP) is 0.461. The first kappa shape index (κ1) is 14.3. The Kier molecular flexibility index (Phi) is 4.49. The Morgan fingerprint density at radius 2 is 1.64 bits per heavy atom. The molecule has 0 atom stereocenters. The molecule has 0 fully saturated rings. The van der Waals surface area contributed by atoms with Gasteiger partial charge in [0, 0.05) is 5.41 Å². The Balaban J connectivity index is 4.23. The molecule has 0 unspecified atom stereocenters. The van der Waals surface area contributed by atoms with Crippen molar-refractivity contribution in [2.24, 2.45) is 5.41 Å². The van der Waals surface area contributed by atoms with Crippen LogP contribution in [0.25, 0.3) is 0 Å². The Hall–Kier alpha value is 0.260. The van der Waals surface area contributed by atoms with E-state index in [1.54, 1.807) is 0 Å². The number of hydrogen-bond acceptors (Lipinski definition) is 3. The van der Waals surface area contributed by atoms with E-state index in [-0.39, 0.29) is 0 Å². The van der Waals surface area contributed by atoms with Gasteiger partial charge in [-0.1, -0.05) is 13.8 Å². The molecule has 1 radical (unpaired) electrons. The summed E-state index contributed by atoms with van der Waals surface area (Å²) < 4.78 is 24.9. The fraction of sp³-hybridized carbons (Fsp3) is 0.800. The van der Waals surface area contributed by atoms with Crippen molar-refractivity contribution in [1.82, 2.24) is 0 Å². The molecule has 0 aliphatic carbocycles. The summed E-state index contributed by atoms with van der Waals surface area (Å²) in [5.74, 6) is 0. The number of phosphoric ester groups is 1. The summed E-state index contributed by atoms with van der Waals surface area (Å²) in [5, 5.41) is 0. The van der Waals surface area contributed by atoms with Crippen molar-refractivity contribution in [1.29, 1.82) is 0 Å². The molecule has 0 saturated heterocycles. The zero-order valence-corrected chi connectivity index (χ0v) is 9.48. The van der Waals surface area contributed by atoms with Gasteiger partial charge in [0.05, 0.1) is 6.16 Å². The minimum absolute atomic E-state index is 0.542. The van der Waals surface area contributed by atoms with E-state index in [9.17, 15) is 9.13 Å². The van der Waals surface area contributed by atoms with Gasteiger partial charge in [-0.3, -0.25) is 9.09 Å². The van der Waals surface area contributed by atoms with Gasteiger partial charge in [-0.2, -0.15) is 0 Å². The van der Waals surface area contributed by atoms with Crippen LogP contribution in [-0.2, 0) is 13.7 Å². The second kappa shape index (κ2) is 4.41. The lowest BCUT2D eigenvalue weighted by molar-refractivity contribution is 0.190. The zero-order valence-electron chi connectivity index (χ0n) is 7.69. The molecule has 9 heteroatoms. The van der Waals surface area contributed by atoms with E-state index in [1.807, 2.05) is 0 Å². The minimum atomic E-state index is -4.64. The van der Waals surface area contributed by atoms with Crippen LogP contribution >= 0.6 is 15.4 Å². The van der Waals surface area contributed by atoms with Crippen LogP contribution < -0.4 is 0 Å². The average Bonchev–Trinajstić information content (AvgIpc) is 1.76. The van der Waals surface area contributed by atoms with Crippen LogP contribution in [0.3, 0.4) is 0 Å². The quantitative estimate of drug-likeness (QED) is 0.520. The van der Waals surface area contributed by atoms with Crippen molar-refractivity contribution >= 4 is 15.4 Å². The van der Waals surface area contributed by atoms with Crippen molar-refractivity contribution in [3.05, 3.63) is 6.61 Å². The molecule has 4 N–H and O–H groups in total. The van der Waals surface area contributed by atoms with E-state index in [2.05, 4.69) is 4.52 Å². The van der Waals surface area contributed by atoms with E-state index in [0.717, 1.165) is 6.61 Å².